The van der Waals surface area contributed by atoms with E-state index in [-0.39, 0.29) is 29.4 Å². The van der Waals surface area contributed by atoms with Crippen molar-refractivity contribution in [1.82, 2.24) is 5.32 Å². The molecule has 0 aromatic heterocycles. The van der Waals surface area contributed by atoms with E-state index in [2.05, 4.69) is 21.2 Å². The fourth-order valence-electron chi connectivity index (χ4n) is 1.97. The highest BCUT2D eigenvalue weighted by atomic mass is 79.9. The number of carbonyl (C=O) groups is 2. The van der Waals surface area contributed by atoms with Crippen molar-refractivity contribution in [2.45, 2.75) is 25.6 Å². The lowest BCUT2D eigenvalue weighted by Crippen LogP contribution is -2.36. The van der Waals surface area contributed by atoms with E-state index < -0.39 is 29.0 Å². The summed E-state index contributed by atoms with van der Waals surface area (Å²) in [5.41, 5.74) is -2.44. The van der Waals surface area contributed by atoms with E-state index >= 15 is 0 Å². The summed E-state index contributed by atoms with van der Waals surface area (Å²) in [6, 6.07) is 3.60. The predicted octanol–water partition coefficient (Wildman–Crippen LogP) is 2.95. The lowest BCUT2D eigenvalue weighted by molar-refractivity contribution is -0.149. The van der Waals surface area contributed by atoms with Crippen LogP contribution in [0.3, 0.4) is 0 Å². The van der Waals surface area contributed by atoms with Gasteiger partial charge in [-0.1, -0.05) is 22.0 Å². The number of rotatable bonds is 4. The Morgan fingerprint density at radius 1 is 1.33 bits per heavy atom. The second kappa shape index (κ2) is 5.32. The smallest absolute Gasteiger partial charge is 0.416 e. The van der Waals surface area contributed by atoms with Crippen LogP contribution in [0.25, 0.3) is 0 Å². The molecular formula is C13H11BrF3NO3. The minimum absolute atomic E-state index is 0.111. The largest absolute Gasteiger partial charge is 0.480 e. The van der Waals surface area contributed by atoms with Crippen molar-refractivity contribution in [2.75, 3.05) is 0 Å². The molecule has 2 rings (SSSR count). The summed E-state index contributed by atoms with van der Waals surface area (Å²) in [4.78, 5) is 22.7. The van der Waals surface area contributed by atoms with Crippen molar-refractivity contribution in [3.8, 4) is 0 Å². The van der Waals surface area contributed by atoms with Crippen LogP contribution in [-0.4, -0.2) is 17.0 Å². The number of benzene rings is 1. The second-order valence-electron chi connectivity index (χ2n) is 4.87. The van der Waals surface area contributed by atoms with Crippen LogP contribution in [0.1, 0.15) is 24.0 Å². The topological polar surface area (TPSA) is 66.4 Å². The maximum Gasteiger partial charge on any atom is 0.416 e. The van der Waals surface area contributed by atoms with Crippen LogP contribution in [-0.2, 0) is 22.3 Å². The molecular weight excluding hydrogens is 355 g/mol. The summed E-state index contributed by atoms with van der Waals surface area (Å²) in [5.74, 6) is -1.99. The molecule has 1 aliphatic carbocycles. The molecule has 2 N–H and O–H groups in total. The first-order valence-electron chi connectivity index (χ1n) is 6.04. The lowest BCUT2D eigenvalue weighted by Gasteiger charge is -2.15. The molecule has 0 unspecified atom stereocenters. The third-order valence-electron chi connectivity index (χ3n) is 3.41. The predicted molar refractivity (Wildman–Crippen MR) is 70.3 cm³/mol. The van der Waals surface area contributed by atoms with E-state index in [4.69, 9.17) is 5.11 Å². The standard InChI is InChI=1S/C13H11BrF3NO3/c14-8-2-1-7(9(5-8)13(15,16)17)6-18-10(19)12(3-4-12)11(20)21/h1-2,5H,3-4,6H2,(H,18,19)(H,20,21). The third-order valence-corrected chi connectivity index (χ3v) is 3.90. The second-order valence-corrected chi connectivity index (χ2v) is 5.78. The van der Waals surface area contributed by atoms with E-state index in [0.29, 0.717) is 0 Å². The highest BCUT2D eigenvalue weighted by molar-refractivity contribution is 9.10. The van der Waals surface area contributed by atoms with Gasteiger partial charge in [0.05, 0.1) is 5.56 Å². The van der Waals surface area contributed by atoms with Crippen molar-refractivity contribution in [3.05, 3.63) is 33.8 Å². The van der Waals surface area contributed by atoms with Gasteiger partial charge in [-0.25, -0.2) is 0 Å². The van der Waals surface area contributed by atoms with Crippen LogP contribution >= 0.6 is 15.9 Å². The first kappa shape index (κ1) is 15.8. The molecule has 0 aliphatic heterocycles. The Morgan fingerprint density at radius 3 is 2.43 bits per heavy atom. The zero-order chi connectivity index (χ0) is 15.8. The molecule has 114 valence electrons. The van der Waals surface area contributed by atoms with Gasteiger partial charge in [-0.15, -0.1) is 0 Å². The van der Waals surface area contributed by atoms with Crippen molar-refractivity contribution in [3.63, 3.8) is 0 Å². The first-order chi connectivity index (χ1) is 9.67. The first-order valence-corrected chi connectivity index (χ1v) is 6.83. The van der Waals surface area contributed by atoms with Crippen LogP contribution in [0.5, 0.6) is 0 Å². The normalized spacial score (nSPS) is 16.4. The Morgan fingerprint density at radius 2 is 1.95 bits per heavy atom. The number of alkyl halides is 3. The summed E-state index contributed by atoms with van der Waals surface area (Å²) < 4.78 is 39.0. The number of hydrogen-bond acceptors (Lipinski definition) is 2. The number of nitrogens with one attached hydrogen (secondary N) is 1. The van der Waals surface area contributed by atoms with E-state index in [1.165, 1.54) is 12.1 Å². The molecule has 0 spiro atoms. The number of carboxylic acids is 1. The van der Waals surface area contributed by atoms with Gasteiger partial charge >= 0.3 is 12.1 Å². The highest BCUT2D eigenvalue weighted by Crippen LogP contribution is 2.46. The van der Waals surface area contributed by atoms with Gasteiger partial charge in [0.25, 0.3) is 0 Å². The maximum atomic E-state index is 12.9. The minimum atomic E-state index is -4.55. The fraction of sp³-hybridized carbons (Fsp3) is 0.385. The van der Waals surface area contributed by atoms with Gasteiger partial charge in [0.15, 0.2) is 0 Å². The Bertz CT molecular complexity index is 597. The average molecular weight is 366 g/mol. The minimum Gasteiger partial charge on any atom is -0.480 e. The molecule has 21 heavy (non-hydrogen) atoms. The molecule has 1 aromatic carbocycles. The SMILES string of the molecule is O=C(O)C1(C(=O)NCc2ccc(Br)cc2C(F)(F)F)CC1. The van der Waals surface area contributed by atoms with Crippen LogP contribution < -0.4 is 5.32 Å². The van der Waals surface area contributed by atoms with Crippen molar-refractivity contribution < 1.29 is 27.9 Å². The van der Waals surface area contributed by atoms with Crippen molar-refractivity contribution in [2.24, 2.45) is 5.41 Å². The Hall–Kier alpha value is -1.57. The van der Waals surface area contributed by atoms with Gasteiger partial charge in [0, 0.05) is 11.0 Å². The molecule has 1 fully saturated rings. The molecule has 0 saturated heterocycles. The summed E-state index contributed by atoms with van der Waals surface area (Å²) in [7, 11) is 0. The van der Waals surface area contributed by atoms with E-state index in [9.17, 15) is 22.8 Å². The number of hydrogen-bond donors (Lipinski definition) is 2. The molecule has 0 radical (unpaired) electrons. The van der Waals surface area contributed by atoms with Gasteiger partial charge in [-0.2, -0.15) is 13.2 Å². The monoisotopic (exact) mass is 365 g/mol. The number of aliphatic carboxylic acids is 1. The van der Waals surface area contributed by atoms with Gasteiger partial charge in [-0.05, 0) is 30.5 Å². The molecule has 4 nitrogen and oxygen atoms in total. The van der Waals surface area contributed by atoms with E-state index in [1.807, 2.05) is 0 Å². The Kier molecular flexibility index (Phi) is 4.01. The lowest BCUT2D eigenvalue weighted by atomic mass is 10.0. The Labute approximate surface area is 126 Å². The summed E-state index contributed by atoms with van der Waals surface area (Å²) in [6.45, 7) is -0.365. The summed E-state index contributed by atoms with van der Waals surface area (Å²) in [6.07, 6.45) is -4.13. The molecule has 1 saturated carbocycles. The van der Waals surface area contributed by atoms with Gasteiger partial charge in [0.1, 0.15) is 5.41 Å². The molecule has 0 heterocycles. The summed E-state index contributed by atoms with van der Waals surface area (Å²) >= 11 is 2.96. The van der Waals surface area contributed by atoms with Crippen LogP contribution in [0, 0.1) is 5.41 Å². The van der Waals surface area contributed by atoms with Crippen LogP contribution in [0.2, 0.25) is 0 Å². The molecule has 0 atom stereocenters. The third kappa shape index (κ3) is 3.20. The van der Waals surface area contributed by atoms with E-state index in [0.717, 1.165) is 6.07 Å². The summed E-state index contributed by atoms with van der Waals surface area (Å²) in [5, 5.41) is 11.2. The number of carboxylic acid groups (broad SMARTS) is 1. The molecule has 1 aromatic rings. The molecule has 8 heteroatoms. The quantitative estimate of drug-likeness (QED) is 0.806. The Balaban J connectivity index is 2.14. The number of halogens is 4. The van der Waals surface area contributed by atoms with Crippen LogP contribution in [0.4, 0.5) is 13.2 Å². The zero-order valence-corrected chi connectivity index (χ0v) is 12.2. The van der Waals surface area contributed by atoms with Gasteiger partial charge in [0.2, 0.25) is 5.91 Å². The van der Waals surface area contributed by atoms with Crippen molar-refractivity contribution >= 4 is 27.8 Å². The molecule has 1 amide bonds. The van der Waals surface area contributed by atoms with Crippen LogP contribution in [0.15, 0.2) is 22.7 Å². The number of amides is 1. The molecule has 1 aliphatic rings. The maximum absolute atomic E-state index is 12.9. The van der Waals surface area contributed by atoms with Crippen molar-refractivity contribution in [1.29, 1.82) is 0 Å². The fourth-order valence-corrected chi connectivity index (χ4v) is 2.34. The number of carbonyl (C=O) groups excluding carboxylic acids is 1. The highest BCUT2D eigenvalue weighted by Gasteiger charge is 2.57. The molecule has 0 bridgehead atoms. The zero-order valence-electron chi connectivity index (χ0n) is 10.6. The van der Waals surface area contributed by atoms with E-state index in [1.54, 1.807) is 0 Å². The average Bonchev–Trinajstić information content (AvgIpc) is 3.17. The van der Waals surface area contributed by atoms with Gasteiger partial charge in [-0.3, -0.25) is 9.59 Å². The van der Waals surface area contributed by atoms with Gasteiger partial charge < -0.3 is 10.4 Å².